The summed E-state index contributed by atoms with van der Waals surface area (Å²) in [6.45, 7) is 10.5. The van der Waals surface area contributed by atoms with E-state index in [2.05, 4.69) is 95.3 Å². The Hall–Kier alpha value is -3.33. The van der Waals surface area contributed by atoms with E-state index in [4.69, 9.17) is 15.0 Å². The summed E-state index contributed by atoms with van der Waals surface area (Å²) in [5.74, 6) is 2.12. The van der Waals surface area contributed by atoms with Gasteiger partial charge in [0.2, 0.25) is 0 Å². The fourth-order valence-electron chi connectivity index (χ4n) is 3.58. The molecule has 3 nitrogen and oxygen atoms in total. The van der Waals surface area contributed by atoms with E-state index < -0.39 is 0 Å². The SMILES string of the molecule is Cc1ccc(-c2nc(-c3ccc(C)cc3C)nc(-c3ccc(C)cc3C)n2)cc1. The van der Waals surface area contributed by atoms with Gasteiger partial charge in [0.05, 0.1) is 0 Å². The van der Waals surface area contributed by atoms with Gasteiger partial charge in [-0.05, 0) is 45.7 Å². The Bertz CT molecular complexity index is 1120. The standard InChI is InChI=1S/C26H25N3/c1-16-6-10-21(11-7-16)24-27-25(22-12-8-17(2)14-19(22)4)29-26(28-24)23-13-9-18(3)15-20(23)5/h6-15H,1-5H3. The average molecular weight is 380 g/mol. The number of hydrogen-bond donors (Lipinski definition) is 0. The number of nitrogens with zero attached hydrogens (tertiary/aromatic N) is 3. The molecule has 0 aliphatic heterocycles. The maximum Gasteiger partial charge on any atom is 0.164 e. The molecule has 3 heteroatoms. The molecule has 0 bridgehead atoms. The smallest absolute Gasteiger partial charge is 0.164 e. The lowest BCUT2D eigenvalue weighted by Crippen LogP contribution is -2.02. The van der Waals surface area contributed by atoms with E-state index in [0.29, 0.717) is 17.5 Å². The van der Waals surface area contributed by atoms with Gasteiger partial charge >= 0.3 is 0 Å². The molecular formula is C26H25N3. The molecule has 1 aromatic heterocycles. The first-order chi connectivity index (χ1) is 13.9. The van der Waals surface area contributed by atoms with E-state index in [1.165, 1.54) is 16.7 Å². The van der Waals surface area contributed by atoms with E-state index in [1.807, 2.05) is 0 Å². The Morgan fingerprint density at radius 1 is 0.448 bits per heavy atom. The summed E-state index contributed by atoms with van der Waals surface area (Å²) in [6.07, 6.45) is 0. The normalized spacial score (nSPS) is 10.9. The van der Waals surface area contributed by atoms with Crippen LogP contribution < -0.4 is 0 Å². The molecule has 0 atom stereocenters. The van der Waals surface area contributed by atoms with Gasteiger partial charge in [-0.15, -0.1) is 0 Å². The summed E-state index contributed by atoms with van der Waals surface area (Å²) < 4.78 is 0. The molecule has 0 aliphatic carbocycles. The molecule has 0 unspecified atom stereocenters. The number of benzene rings is 3. The lowest BCUT2D eigenvalue weighted by molar-refractivity contribution is 1.07. The predicted molar refractivity (Wildman–Crippen MR) is 120 cm³/mol. The van der Waals surface area contributed by atoms with Gasteiger partial charge in [0.1, 0.15) is 0 Å². The van der Waals surface area contributed by atoms with Gasteiger partial charge < -0.3 is 0 Å². The molecule has 0 fully saturated rings. The molecule has 0 saturated heterocycles. The zero-order valence-electron chi connectivity index (χ0n) is 17.6. The van der Waals surface area contributed by atoms with E-state index in [0.717, 1.165) is 27.8 Å². The van der Waals surface area contributed by atoms with Crippen molar-refractivity contribution >= 4 is 0 Å². The number of aromatic nitrogens is 3. The fourth-order valence-corrected chi connectivity index (χ4v) is 3.58. The fraction of sp³-hybridized carbons (Fsp3) is 0.192. The number of hydrogen-bond acceptors (Lipinski definition) is 3. The van der Waals surface area contributed by atoms with Gasteiger partial charge in [0.25, 0.3) is 0 Å². The molecule has 1 heterocycles. The number of aryl methyl sites for hydroxylation is 5. The van der Waals surface area contributed by atoms with E-state index >= 15 is 0 Å². The zero-order valence-corrected chi connectivity index (χ0v) is 17.6. The van der Waals surface area contributed by atoms with Crippen molar-refractivity contribution in [2.75, 3.05) is 0 Å². The molecule has 144 valence electrons. The second-order valence-corrected chi connectivity index (χ2v) is 7.81. The minimum Gasteiger partial charge on any atom is -0.208 e. The van der Waals surface area contributed by atoms with E-state index in [1.54, 1.807) is 0 Å². The third kappa shape index (κ3) is 3.95. The molecule has 3 aromatic carbocycles. The Morgan fingerprint density at radius 3 is 1.31 bits per heavy atom. The monoisotopic (exact) mass is 379 g/mol. The van der Waals surface area contributed by atoms with Crippen LogP contribution in [0.3, 0.4) is 0 Å². The van der Waals surface area contributed by atoms with Crippen LogP contribution in [0.2, 0.25) is 0 Å². The van der Waals surface area contributed by atoms with Gasteiger partial charge in [-0.2, -0.15) is 0 Å². The van der Waals surface area contributed by atoms with E-state index in [9.17, 15) is 0 Å². The molecule has 0 saturated carbocycles. The maximum absolute atomic E-state index is 4.88. The molecule has 0 radical (unpaired) electrons. The van der Waals surface area contributed by atoms with Gasteiger partial charge in [-0.1, -0.05) is 77.4 Å². The average Bonchev–Trinajstić information content (AvgIpc) is 2.68. The largest absolute Gasteiger partial charge is 0.208 e. The predicted octanol–water partition coefficient (Wildman–Crippen LogP) is 6.41. The van der Waals surface area contributed by atoms with Crippen LogP contribution in [-0.2, 0) is 0 Å². The lowest BCUT2D eigenvalue weighted by atomic mass is 10.0. The first-order valence-corrected chi connectivity index (χ1v) is 9.89. The van der Waals surface area contributed by atoms with E-state index in [-0.39, 0.29) is 0 Å². The Labute approximate surface area is 172 Å². The van der Waals surface area contributed by atoms with Gasteiger partial charge in [0, 0.05) is 16.7 Å². The summed E-state index contributed by atoms with van der Waals surface area (Å²) in [6, 6.07) is 21.1. The highest BCUT2D eigenvalue weighted by Crippen LogP contribution is 2.28. The van der Waals surface area contributed by atoms with Crippen molar-refractivity contribution in [3.63, 3.8) is 0 Å². The van der Waals surface area contributed by atoms with Crippen LogP contribution in [0.5, 0.6) is 0 Å². The van der Waals surface area contributed by atoms with Gasteiger partial charge in [0.15, 0.2) is 17.5 Å². The van der Waals surface area contributed by atoms with Gasteiger partial charge in [-0.25, -0.2) is 15.0 Å². The summed E-state index contributed by atoms with van der Waals surface area (Å²) in [5, 5.41) is 0. The Balaban J connectivity index is 1.95. The highest BCUT2D eigenvalue weighted by molar-refractivity contribution is 5.69. The van der Waals surface area contributed by atoms with Crippen molar-refractivity contribution in [3.8, 4) is 34.2 Å². The maximum atomic E-state index is 4.88. The van der Waals surface area contributed by atoms with Crippen molar-refractivity contribution in [1.29, 1.82) is 0 Å². The first-order valence-electron chi connectivity index (χ1n) is 9.89. The van der Waals surface area contributed by atoms with Crippen LogP contribution >= 0.6 is 0 Å². The first kappa shape index (κ1) is 19.0. The second kappa shape index (κ2) is 7.59. The van der Waals surface area contributed by atoms with Crippen LogP contribution in [-0.4, -0.2) is 15.0 Å². The van der Waals surface area contributed by atoms with Crippen LogP contribution in [0.15, 0.2) is 60.7 Å². The summed E-state index contributed by atoms with van der Waals surface area (Å²) in [5.41, 5.74) is 9.08. The Kier molecular flexibility index (Phi) is 4.98. The third-order valence-corrected chi connectivity index (χ3v) is 5.19. The molecular weight excluding hydrogens is 354 g/mol. The molecule has 0 spiro atoms. The molecule has 4 rings (SSSR count). The molecule has 0 N–H and O–H groups in total. The molecule has 0 amide bonds. The third-order valence-electron chi connectivity index (χ3n) is 5.19. The quantitative estimate of drug-likeness (QED) is 0.412. The minimum absolute atomic E-state index is 0.699. The van der Waals surface area contributed by atoms with Crippen LogP contribution in [0.1, 0.15) is 27.8 Å². The number of rotatable bonds is 3. The van der Waals surface area contributed by atoms with Crippen LogP contribution in [0.4, 0.5) is 0 Å². The van der Waals surface area contributed by atoms with Crippen molar-refractivity contribution < 1.29 is 0 Å². The Morgan fingerprint density at radius 2 is 0.862 bits per heavy atom. The molecule has 4 aromatic rings. The van der Waals surface area contributed by atoms with Crippen LogP contribution in [0, 0.1) is 34.6 Å². The van der Waals surface area contributed by atoms with Crippen molar-refractivity contribution in [1.82, 2.24) is 15.0 Å². The highest BCUT2D eigenvalue weighted by atomic mass is 15.0. The van der Waals surface area contributed by atoms with Crippen molar-refractivity contribution in [2.24, 2.45) is 0 Å². The summed E-state index contributed by atoms with van der Waals surface area (Å²) in [7, 11) is 0. The van der Waals surface area contributed by atoms with Crippen LogP contribution in [0.25, 0.3) is 34.2 Å². The molecule has 0 aliphatic rings. The minimum atomic E-state index is 0.699. The zero-order chi connectivity index (χ0) is 20.5. The summed E-state index contributed by atoms with van der Waals surface area (Å²) in [4.78, 5) is 14.6. The topological polar surface area (TPSA) is 38.7 Å². The lowest BCUT2D eigenvalue weighted by Gasteiger charge is -2.12. The van der Waals surface area contributed by atoms with Crippen molar-refractivity contribution in [3.05, 3.63) is 88.5 Å². The molecule has 29 heavy (non-hydrogen) atoms. The van der Waals surface area contributed by atoms with Crippen molar-refractivity contribution in [2.45, 2.75) is 34.6 Å². The second-order valence-electron chi connectivity index (χ2n) is 7.81. The summed E-state index contributed by atoms with van der Waals surface area (Å²) >= 11 is 0. The van der Waals surface area contributed by atoms with Gasteiger partial charge in [-0.3, -0.25) is 0 Å². The highest BCUT2D eigenvalue weighted by Gasteiger charge is 2.14.